The standard InChI is InChI=1S/C18H18N4O4S2/c23-18(24)26-22-8-3-4-12(10-22)15(25-17(27)21-9-7-19-11-21)16-20-13-5-1-2-6-14(13)28-16/h1-2,5-7,9,11-12,15H,3-4,8,10H2,(H,23,24). The largest absolute Gasteiger partial charge is 0.525 e. The summed E-state index contributed by atoms with van der Waals surface area (Å²) in [7, 11) is 0. The molecule has 146 valence electrons. The van der Waals surface area contributed by atoms with Gasteiger partial charge in [-0.2, -0.15) is 0 Å². The molecule has 4 rings (SSSR count). The monoisotopic (exact) mass is 418 g/mol. The summed E-state index contributed by atoms with van der Waals surface area (Å²) >= 11 is 7.00. The molecule has 0 radical (unpaired) electrons. The Hall–Kier alpha value is -2.56. The van der Waals surface area contributed by atoms with Crippen molar-refractivity contribution in [1.29, 1.82) is 0 Å². The molecule has 2 unspecified atom stereocenters. The third kappa shape index (κ3) is 4.13. The maximum Gasteiger partial charge on any atom is 0.525 e. The summed E-state index contributed by atoms with van der Waals surface area (Å²) in [5, 5.41) is 11.5. The number of thiocarbonyl (C=S) groups is 1. The smallest absolute Gasteiger partial charge is 0.459 e. The molecule has 3 aromatic rings. The van der Waals surface area contributed by atoms with Crippen LogP contribution in [0.15, 0.2) is 43.0 Å². The van der Waals surface area contributed by atoms with Crippen molar-refractivity contribution in [1.82, 2.24) is 19.6 Å². The van der Waals surface area contributed by atoms with Crippen molar-refractivity contribution in [2.75, 3.05) is 13.1 Å². The van der Waals surface area contributed by atoms with E-state index in [9.17, 15) is 4.79 Å². The summed E-state index contributed by atoms with van der Waals surface area (Å²) in [6, 6.07) is 7.89. The lowest BCUT2D eigenvalue weighted by Gasteiger charge is -2.34. The first-order valence-electron chi connectivity index (χ1n) is 8.80. The Morgan fingerprint density at radius 1 is 1.39 bits per heavy atom. The van der Waals surface area contributed by atoms with Gasteiger partial charge in [-0.1, -0.05) is 12.1 Å². The van der Waals surface area contributed by atoms with E-state index in [2.05, 4.69) is 4.98 Å². The van der Waals surface area contributed by atoms with Crippen LogP contribution in [0.2, 0.25) is 0 Å². The number of hydrogen-bond acceptors (Lipinski definition) is 8. The van der Waals surface area contributed by atoms with Crippen molar-refractivity contribution in [3.8, 4) is 0 Å². The topological polar surface area (TPSA) is 89.7 Å². The van der Waals surface area contributed by atoms with Gasteiger partial charge in [-0.15, -0.1) is 16.4 Å². The highest BCUT2D eigenvalue weighted by Crippen LogP contribution is 2.37. The maximum absolute atomic E-state index is 10.9. The molecule has 0 spiro atoms. The second-order valence-corrected chi connectivity index (χ2v) is 7.85. The Morgan fingerprint density at radius 2 is 2.25 bits per heavy atom. The Morgan fingerprint density at radius 3 is 3.00 bits per heavy atom. The number of ether oxygens (including phenoxy) is 1. The molecule has 2 aromatic heterocycles. The third-order valence-electron chi connectivity index (χ3n) is 4.55. The number of fused-ring (bicyclic) bond motifs is 1. The zero-order chi connectivity index (χ0) is 19.5. The molecule has 1 saturated heterocycles. The molecule has 0 aliphatic carbocycles. The van der Waals surface area contributed by atoms with E-state index in [1.165, 1.54) is 5.06 Å². The predicted molar refractivity (Wildman–Crippen MR) is 107 cm³/mol. The number of carbonyl (C=O) groups is 1. The van der Waals surface area contributed by atoms with E-state index >= 15 is 0 Å². The predicted octanol–water partition coefficient (Wildman–Crippen LogP) is 3.71. The summed E-state index contributed by atoms with van der Waals surface area (Å²) < 4.78 is 8.87. The number of hydrogen-bond donors (Lipinski definition) is 1. The van der Waals surface area contributed by atoms with Gasteiger partial charge in [-0.3, -0.25) is 4.57 Å². The minimum absolute atomic E-state index is 0.0184. The van der Waals surface area contributed by atoms with Crippen LogP contribution in [-0.4, -0.2) is 49.1 Å². The number of imidazole rings is 1. The lowest BCUT2D eigenvalue weighted by atomic mass is 9.93. The molecule has 28 heavy (non-hydrogen) atoms. The van der Waals surface area contributed by atoms with E-state index in [0.717, 1.165) is 28.1 Å². The van der Waals surface area contributed by atoms with E-state index < -0.39 is 12.3 Å². The molecular formula is C18H18N4O4S2. The van der Waals surface area contributed by atoms with Gasteiger partial charge in [0.15, 0.2) is 6.10 Å². The van der Waals surface area contributed by atoms with E-state index in [1.54, 1.807) is 34.6 Å². The SMILES string of the molecule is O=C(O)ON1CCCC(C(OC(=S)n2ccnc2)c2nc3ccccc3s2)C1. The second-order valence-electron chi connectivity index (χ2n) is 6.44. The van der Waals surface area contributed by atoms with Gasteiger partial charge in [0.1, 0.15) is 11.3 Å². The van der Waals surface area contributed by atoms with E-state index in [1.807, 2.05) is 24.3 Å². The van der Waals surface area contributed by atoms with Crippen molar-refractivity contribution in [3.05, 3.63) is 48.0 Å². The summed E-state index contributed by atoms with van der Waals surface area (Å²) in [6.45, 7) is 0.973. The van der Waals surface area contributed by atoms with Crippen molar-refractivity contribution in [2.45, 2.75) is 18.9 Å². The molecular weight excluding hydrogens is 400 g/mol. The van der Waals surface area contributed by atoms with Crippen LogP contribution in [-0.2, 0) is 9.57 Å². The lowest BCUT2D eigenvalue weighted by molar-refractivity contribution is -0.149. The number of piperidine rings is 1. The number of benzene rings is 1. The van der Waals surface area contributed by atoms with E-state index in [0.29, 0.717) is 13.1 Å². The molecule has 1 aromatic carbocycles. The molecule has 0 saturated carbocycles. The molecule has 8 nitrogen and oxygen atoms in total. The number of rotatable bonds is 4. The van der Waals surface area contributed by atoms with Gasteiger partial charge in [0.05, 0.1) is 10.2 Å². The number of thiazole rings is 1. The molecule has 10 heteroatoms. The van der Waals surface area contributed by atoms with Gasteiger partial charge >= 0.3 is 6.16 Å². The maximum atomic E-state index is 10.9. The minimum atomic E-state index is -1.31. The first kappa shape index (κ1) is 18.8. The Labute approximate surface area is 170 Å². The quantitative estimate of drug-likeness (QED) is 0.642. The fourth-order valence-corrected chi connectivity index (χ4v) is 4.61. The summed E-state index contributed by atoms with van der Waals surface area (Å²) in [5.41, 5.74) is 0.902. The molecule has 0 bridgehead atoms. The number of para-hydroxylation sites is 1. The van der Waals surface area contributed by atoms with Crippen molar-refractivity contribution >= 4 is 45.1 Å². The zero-order valence-electron chi connectivity index (χ0n) is 14.8. The average molecular weight is 419 g/mol. The number of hydroxylamine groups is 2. The van der Waals surface area contributed by atoms with Crippen LogP contribution in [0.5, 0.6) is 0 Å². The zero-order valence-corrected chi connectivity index (χ0v) is 16.4. The van der Waals surface area contributed by atoms with Crippen LogP contribution in [0.3, 0.4) is 0 Å². The van der Waals surface area contributed by atoms with Crippen molar-refractivity contribution < 1.29 is 19.5 Å². The summed E-state index contributed by atoms with van der Waals surface area (Å²) in [6.07, 6.45) is 4.86. The van der Waals surface area contributed by atoms with Crippen LogP contribution in [0.1, 0.15) is 24.0 Å². The molecule has 1 aliphatic heterocycles. The molecule has 1 N–H and O–H groups in total. The Kier molecular flexibility index (Phi) is 5.51. The Bertz CT molecular complexity index is 942. The molecule has 1 aliphatic rings. The van der Waals surface area contributed by atoms with Gasteiger partial charge in [-0.05, 0) is 37.2 Å². The van der Waals surface area contributed by atoms with E-state index in [4.69, 9.17) is 31.9 Å². The van der Waals surface area contributed by atoms with Crippen LogP contribution in [0.25, 0.3) is 10.2 Å². The molecule has 1 fully saturated rings. The molecule has 2 atom stereocenters. The van der Waals surface area contributed by atoms with Gasteiger partial charge < -0.3 is 14.7 Å². The van der Waals surface area contributed by atoms with E-state index in [-0.39, 0.29) is 11.1 Å². The van der Waals surface area contributed by atoms with Gasteiger partial charge in [0, 0.05) is 31.4 Å². The van der Waals surface area contributed by atoms with Gasteiger partial charge in [0.2, 0.25) is 0 Å². The van der Waals surface area contributed by atoms with Crippen LogP contribution in [0.4, 0.5) is 4.79 Å². The first-order valence-corrected chi connectivity index (χ1v) is 10.0. The first-order chi connectivity index (χ1) is 13.6. The van der Waals surface area contributed by atoms with Crippen LogP contribution < -0.4 is 0 Å². The fourth-order valence-electron chi connectivity index (χ4n) is 3.31. The minimum Gasteiger partial charge on any atom is -0.459 e. The molecule has 0 amide bonds. The number of aromatic nitrogens is 3. The highest BCUT2D eigenvalue weighted by atomic mass is 32.1. The molecule has 3 heterocycles. The summed E-state index contributed by atoms with van der Waals surface area (Å²) in [5.74, 6) is -0.0184. The highest BCUT2D eigenvalue weighted by Gasteiger charge is 2.34. The summed E-state index contributed by atoms with van der Waals surface area (Å²) in [4.78, 5) is 24.5. The van der Waals surface area contributed by atoms with Crippen molar-refractivity contribution in [2.24, 2.45) is 5.92 Å². The number of carboxylic acid groups (broad SMARTS) is 1. The highest BCUT2D eigenvalue weighted by molar-refractivity contribution is 7.80. The Balaban J connectivity index is 1.62. The second kappa shape index (κ2) is 8.21. The third-order valence-corrected chi connectivity index (χ3v) is 5.96. The van der Waals surface area contributed by atoms with Crippen LogP contribution in [0, 0.1) is 5.92 Å². The van der Waals surface area contributed by atoms with Crippen LogP contribution >= 0.6 is 23.6 Å². The average Bonchev–Trinajstić information content (AvgIpc) is 3.35. The fraction of sp³-hybridized carbons (Fsp3) is 0.333. The normalized spacial score (nSPS) is 18.6. The van der Waals surface area contributed by atoms with Gasteiger partial charge in [-0.25, -0.2) is 14.8 Å². The number of nitrogens with zero attached hydrogens (tertiary/aromatic N) is 4. The van der Waals surface area contributed by atoms with Crippen molar-refractivity contribution in [3.63, 3.8) is 0 Å². The lowest BCUT2D eigenvalue weighted by Crippen LogP contribution is -2.40. The van der Waals surface area contributed by atoms with Gasteiger partial charge in [0.25, 0.3) is 5.17 Å².